The molecule has 0 N–H and O–H groups in total. The van der Waals surface area contributed by atoms with Gasteiger partial charge >= 0.3 is 0 Å². The summed E-state index contributed by atoms with van der Waals surface area (Å²) in [6, 6.07) is 72.5. The van der Waals surface area contributed by atoms with Crippen molar-refractivity contribution in [2.75, 3.05) is 0 Å². The van der Waals surface area contributed by atoms with Gasteiger partial charge in [0, 0.05) is 54.9 Å². The highest BCUT2D eigenvalue weighted by Gasteiger charge is 2.20. The minimum Gasteiger partial charge on any atom is -0.309 e. The van der Waals surface area contributed by atoms with E-state index >= 15 is 0 Å². The fourth-order valence-corrected chi connectivity index (χ4v) is 8.32. The molecule has 0 aliphatic rings. The predicted octanol–water partition coefficient (Wildman–Crippen LogP) is 13.6. The normalized spacial score (nSPS) is 11.5. The van der Waals surface area contributed by atoms with Crippen LogP contribution in [0.25, 0.3) is 105 Å². The molecule has 0 spiro atoms. The van der Waals surface area contributed by atoms with Crippen molar-refractivity contribution in [1.82, 2.24) is 19.5 Å². The Morgan fingerprint density at radius 2 is 0.895 bits per heavy atom. The Balaban J connectivity index is 1.07. The Labute approximate surface area is 330 Å². The molecule has 0 bridgehead atoms. The second-order valence-electron chi connectivity index (χ2n) is 14.4. The van der Waals surface area contributed by atoms with E-state index in [-0.39, 0.29) is 0 Å². The highest BCUT2D eigenvalue weighted by atomic mass is 15.0. The fraction of sp³-hybridized carbons (Fsp3) is 0. The molecule has 0 saturated heterocycles. The minimum atomic E-state index is 0.689. The topological polar surface area (TPSA) is 43.6 Å². The molecule has 0 fully saturated rings. The van der Waals surface area contributed by atoms with Gasteiger partial charge in [0.2, 0.25) is 0 Å². The molecule has 4 nitrogen and oxygen atoms in total. The Morgan fingerprint density at radius 1 is 0.316 bits per heavy atom. The van der Waals surface area contributed by atoms with Crippen LogP contribution in [-0.4, -0.2) is 19.5 Å². The Kier molecular flexibility index (Phi) is 7.78. The highest BCUT2D eigenvalue weighted by molar-refractivity contribution is 6.29. The smallest absolute Gasteiger partial charge is 0.160 e. The highest BCUT2D eigenvalue weighted by Crippen LogP contribution is 2.42. The van der Waals surface area contributed by atoms with E-state index in [9.17, 15) is 0 Å². The molecule has 266 valence electrons. The average molecular weight is 727 g/mol. The van der Waals surface area contributed by atoms with E-state index < -0.39 is 0 Å². The molecule has 11 aromatic rings. The van der Waals surface area contributed by atoms with Crippen LogP contribution in [0.2, 0.25) is 0 Å². The van der Waals surface area contributed by atoms with E-state index in [1.165, 1.54) is 27.2 Å². The molecule has 0 unspecified atom stereocenters. The summed E-state index contributed by atoms with van der Waals surface area (Å²) < 4.78 is 2.38. The molecule has 0 amide bonds. The van der Waals surface area contributed by atoms with Crippen molar-refractivity contribution in [3.63, 3.8) is 0 Å². The summed E-state index contributed by atoms with van der Waals surface area (Å²) in [5.41, 5.74) is 13.5. The maximum atomic E-state index is 5.34. The van der Waals surface area contributed by atoms with E-state index in [1.807, 2.05) is 12.1 Å². The summed E-state index contributed by atoms with van der Waals surface area (Å²) in [6.07, 6.45) is 0. The van der Waals surface area contributed by atoms with Gasteiger partial charge in [-0.2, -0.15) is 0 Å². The largest absolute Gasteiger partial charge is 0.309 e. The minimum absolute atomic E-state index is 0.689. The van der Waals surface area contributed by atoms with Gasteiger partial charge in [-0.1, -0.05) is 164 Å². The number of hydrogen-bond donors (Lipinski definition) is 0. The summed E-state index contributed by atoms with van der Waals surface area (Å²) in [5, 5.41) is 5.95. The standard InChI is InChI=1S/C53H34N4/c1-4-15-35(16-5-1)39-19-14-20-40(33-39)53-55-46(36-17-6-2-7-18-36)34-47(56-53)37-27-29-38(30-28-37)52-44-31-32-49-51(50(44)42-23-10-12-25-45(42)54-52)43-24-11-13-26-48(43)57(49)41-21-8-3-9-22-41/h1-34H. The number of aromatic nitrogens is 4. The molecule has 0 aliphatic heterocycles. The third-order valence-electron chi connectivity index (χ3n) is 11.0. The third kappa shape index (κ3) is 5.66. The van der Waals surface area contributed by atoms with Gasteiger partial charge in [0.05, 0.1) is 33.6 Å². The molecular weight excluding hydrogens is 693 g/mol. The van der Waals surface area contributed by atoms with Crippen LogP contribution in [0.4, 0.5) is 0 Å². The van der Waals surface area contributed by atoms with Crippen LogP contribution < -0.4 is 0 Å². The van der Waals surface area contributed by atoms with Crippen molar-refractivity contribution in [1.29, 1.82) is 0 Å². The summed E-state index contributed by atoms with van der Waals surface area (Å²) in [7, 11) is 0. The molecule has 0 atom stereocenters. The maximum Gasteiger partial charge on any atom is 0.160 e. The number of fused-ring (bicyclic) bond motifs is 7. The summed E-state index contributed by atoms with van der Waals surface area (Å²) in [4.78, 5) is 15.6. The van der Waals surface area contributed by atoms with Crippen molar-refractivity contribution < 1.29 is 0 Å². The molecule has 11 rings (SSSR count). The van der Waals surface area contributed by atoms with E-state index in [1.54, 1.807) is 0 Å². The van der Waals surface area contributed by atoms with Crippen molar-refractivity contribution in [3.05, 3.63) is 206 Å². The van der Waals surface area contributed by atoms with Gasteiger partial charge in [0.1, 0.15) is 0 Å². The monoisotopic (exact) mass is 726 g/mol. The van der Waals surface area contributed by atoms with Crippen LogP contribution in [0.5, 0.6) is 0 Å². The Bertz CT molecular complexity index is 3260. The Morgan fingerprint density at radius 3 is 1.65 bits per heavy atom. The first-order valence-corrected chi connectivity index (χ1v) is 19.3. The molecule has 4 heteroatoms. The first-order chi connectivity index (χ1) is 28.3. The third-order valence-corrected chi connectivity index (χ3v) is 11.0. The number of nitrogens with zero attached hydrogens (tertiary/aromatic N) is 4. The first kappa shape index (κ1) is 32.7. The Hall–Kier alpha value is -7.69. The molecule has 3 heterocycles. The lowest BCUT2D eigenvalue weighted by Gasteiger charge is -2.13. The van der Waals surface area contributed by atoms with Crippen LogP contribution in [0, 0.1) is 0 Å². The number of hydrogen-bond acceptors (Lipinski definition) is 3. The van der Waals surface area contributed by atoms with Gasteiger partial charge in [-0.3, -0.25) is 0 Å². The summed E-state index contributed by atoms with van der Waals surface area (Å²) >= 11 is 0. The lowest BCUT2D eigenvalue weighted by atomic mass is 9.95. The van der Waals surface area contributed by atoms with Gasteiger partial charge < -0.3 is 4.57 Å². The zero-order valence-electron chi connectivity index (χ0n) is 30.9. The van der Waals surface area contributed by atoms with Crippen molar-refractivity contribution in [3.8, 4) is 62.0 Å². The van der Waals surface area contributed by atoms with Gasteiger partial charge in [-0.15, -0.1) is 0 Å². The molecule has 57 heavy (non-hydrogen) atoms. The van der Waals surface area contributed by atoms with Crippen LogP contribution in [0.1, 0.15) is 0 Å². The van der Waals surface area contributed by atoms with E-state index in [0.717, 1.165) is 72.4 Å². The van der Waals surface area contributed by atoms with E-state index in [2.05, 4.69) is 199 Å². The lowest BCUT2D eigenvalue weighted by Crippen LogP contribution is -1.96. The second kappa shape index (κ2) is 13.6. The van der Waals surface area contributed by atoms with E-state index in [4.69, 9.17) is 15.0 Å². The summed E-state index contributed by atoms with van der Waals surface area (Å²) in [5.74, 6) is 0.689. The van der Waals surface area contributed by atoms with E-state index in [0.29, 0.717) is 5.82 Å². The predicted molar refractivity (Wildman–Crippen MR) is 236 cm³/mol. The zero-order chi connectivity index (χ0) is 37.7. The van der Waals surface area contributed by atoms with Gasteiger partial charge in [0.25, 0.3) is 0 Å². The number of pyridine rings is 1. The fourth-order valence-electron chi connectivity index (χ4n) is 8.32. The van der Waals surface area contributed by atoms with Crippen molar-refractivity contribution in [2.24, 2.45) is 0 Å². The van der Waals surface area contributed by atoms with Gasteiger partial charge in [0.15, 0.2) is 5.82 Å². The molecule has 0 radical (unpaired) electrons. The van der Waals surface area contributed by atoms with Crippen molar-refractivity contribution >= 4 is 43.5 Å². The number of para-hydroxylation sites is 3. The van der Waals surface area contributed by atoms with Crippen LogP contribution >= 0.6 is 0 Å². The molecule has 0 saturated carbocycles. The van der Waals surface area contributed by atoms with Gasteiger partial charge in [-0.25, -0.2) is 15.0 Å². The number of rotatable bonds is 6. The average Bonchev–Trinajstić information content (AvgIpc) is 3.64. The zero-order valence-corrected chi connectivity index (χ0v) is 30.9. The van der Waals surface area contributed by atoms with Gasteiger partial charge in [-0.05, 0) is 53.6 Å². The quantitative estimate of drug-likeness (QED) is 0.160. The first-order valence-electron chi connectivity index (χ1n) is 19.3. The van der Waals surface area contributed by atoms with Crippen molar-refractivity contribution in [2.45, 2.75) is 0 Å². The second-order valence-corrected chi connectivity index (χ2v) is 14.4. The molecule has 0 aliphatic carbocycles. The van der Waals surface area contributed by atoms with Crippen LogP contribution in [-0.2, 0) is 0 Å². The molecule has 8 aromatic carbocycles. The molecular formula is C53H34N4. The maximum absolute atomic E-state index is 5.34. The van der Waals surface area contributed by atoms with Crippen LogP contribution in [0.3, 0.4) is 0 Å². The summed E-state index contributed by atoms with van der Waals surface area (Å²) in [6.45, 7) is 0. The lowest BCUT2D eigenvalue weighted by molar-refractivity contribution is 1.18. The number of benzene rings is 8. The SMILES string of the molecule is c1ccc(-c2cccc(-c3nc(-c4ccccc4)cc(-c4ccc(-c5nc6ccccc6c6c5ccc5c6c6ccccc6n5-c5ccccc5)cc4)n3)c2)cc1. The van der Waals surface area contributed by atoms with Crippen LogP contribution in [0.15, 0.2) is 206 Å². The molecule has 3 aromatic heterocycles.